The van der Waals surface area contributed by atoms with Crippen molar-refractivity contribution in [3.05, 3.63) is 83.4 Å². The minimum absolute atomic E-state index is 0.0701. The molecule has 174 valence electrons. The molecule has 0 unspecified atom stereocenters. The maximum absolute atomic E-state index is 11.1. The minimum Gasteiger partial charge on any atom is -0.507 e. The van der Waals surface area contributed by atoms with Crippen LogP contribution in [0.25, 0.3) is 44.8 Å². The van der Waals surface area contributed by atoms with Gasteiger partial charge in [0.15, 0.2) is 0 Å². The number of rotatable bonds is 5. The summed E-state index contributed by atoms with van der Waals surface area (Å²) in [5.41, 5.74) is 1.86. The first-order valence-corrected chi connectivity index (χ1v) is 13.3. The number of benzene rings is 4. The molecule has 10 heteroatoms. The second-order valence-corrected chi connectivity index (χ2v) is 10.6. The van der Waals surface area contributed by atoms with Crippen LogP contribution in [0.5, 0.6) is 11.5 Å². The summed E-state index contributed by atoms with van der Waals surface area (Å²) in [6.45, 7) is 0. The van der Waals surface area contributed by atoms with Gasteiger partial charge in [0.05, 0.1) is 0 Å². The van der Waals surface area contributed by atoms with Crippen molar-refractivity contribution in [3.63, 3.8) is 0 Å². The Hall–Kier alpha value is -3.22. The van der Waals surface area contributed by atoms with Gasteiger partial charge in [0.25, 0.3) is 0 Å². The number of phenols is 2. The molecule has 4 rings (SSSR count). The fraction of sp³-hybridized carbons (Fsp3) is 0. The van der Waals surface area contributed by atoms with E-state index in [0.717, 1.165) is 11.6 Å². The van der Waals surface area contributed by atoms with Crippen LogP contribution in [-0.4, -0.2) is 29.8 Å². The van der Waals surface area contributed by atoms with Gasteiger partial charge in [-0.3, -0.25) is 9.13 Å². The van der Waals surface area contributed by atoms with E-state index < -0.39 is 15.2 Å². The molecule has 0 atom stereocenters. The van der Waals surface area contributed by atoms with Crippen LogP contribution in [0, 0.1) is 0 Å². The van der Waals surface area contributed by atoms with Crippen molar-refractivity contribution in [2.45, 2.75) is 0 Å². The van der Waals surface area contributed by atoms with Crippen molar-refractivity contribution in [2.24, 2.45) is 0 Å². The molecule has 0 amide bonds. The summed E-state index contributed by atoms with van der Waals surface area (Å²) in [5, 5.41) is 24.0. The van der Waals surface area contributed by atoms with Crippen molar-refractivity contribution in [1.82, 2.24) is 0 Å². The Morgan fingerprint density at radius 3 is 1.29 bits per heavy atom. The van der Waals surface area contributed by atoms with Gasteiger partial charge in [-0.05, 0) is 69.1 Å². The Labute approximate surface area is 194 Å². The molecule has 6 N–H and O–H groups in total. The molecule has 4 aromatic rings. The highest BCUT2D eigenvalue weighted by molar-refractivity contribution is 7.55. The van der Waals surface area contributed by atoms with E-state index in [1.165, 1.54) is 24.3 Å². The third-order valence-electron chi connectivity index (χ3n) is 5.22. The van der Waals surface area contributed by atoms with Gasteiger partial charge in [0.1, 0.15) is 11.5 Å². The predicted octanol–water partition coefficient (Wildman–Crippen LogP) is 5.37. The molecule has 0 aromatic heterocycles. The molecule has 0 aliphatic heterocycles. The Morgan fingerprint density at radius 1 is 0.559 bits per heavy atom. The van der Waals surface area contributed by atoms with Crippen LogP contribution in [0.15, 0.2) is 72.3 Å². The van der Waals surface area contributed by atoms with Gasteiger partial charge < -0.3 is 29.8 Å². The molecule has 0 bridgehead atoms. The summed E-state index contributed by atoms with van der Waals surface area (Å²) in [7, 11) is -8.62. The smallest absolute Gasteiger partial charge is 0.349 e. The van der Waals surface area contributed by atoms with Gasteiger partial charge >= 0.3 is 15.2 Å². The lowest BCUT2D eigenvalue weighted by molar-refractivity contribution is 0.384. The van der Waals surface area contributed by atoms with Gasteiger partial charge in [-0.1, -0.05) is 36.4 Å². The summed E-state index contributed by atoms with van der Waals surface area (Å²) < 4.78 is 22.3. The molecule has 0 radical (unpaired) electrons. The van der Waals surface area contributed by atoms with Crippen LogP contribution in [0.4, 0.5) is 0 Å². The van der Waals surface area contributed by atoms with Gasteiger partial charge in [-0.25, -0.2) is 0 Å². The first-order chi connectivity index (χ1) is 15.9. The number of hydrogen-bond donors (Lipinski definition) is 6. The largest absolute Gasteiger partial charge is 0.507 e. The average Bonchev–Trinajstić information content (AvgIpc) is 2.76. The van der Waals surface area contributed by atoms with Crippen LogP contribution in [0.2, 0.25) is 0 Å². The Bertz CT molecular complexity index is 1460. The molecule has 0 saturated carbocycles. The first kappa shape index (κ1) is 23.9. The van der Waals surface area contributed by atoms with Gasteiger partial charge in [-0.15, -0.1) is 0 Å². The zero-order chi connectivity index (χ0) is 24.7. The topological polar surface area (TPSA) is 156 Å². The number of aromatic hydroxyl groups is 2. The Kier molecular flexibility index (Phi) is 6.23. The monoisotopic (exact) mass is 498 g/mol. The normalized spacial score (nSPS) is 12.9. The SMILES string of the molecule is O=P(O)(O)/C=C/c1ccc2c(-c3c(O)ccc4cc(/C=C/P(=O)(O)O)ccc34)c(O)ccc2c1. The maximum atomic E-state index is 11.1. The standard InChI is InChI=1S/C24H20O8P2/c25-21-7-3-17-13-15(9-11-33(27,28)29)1-5-19(17)23(21)24-20-6-2-16(10-12-34(30,31)32)14-18(20)4-8-22(24)26/h1-14,25-26H,(H2,27,28,29)(H2,30,31,32)/b11-9+,12-10+. The van der Waals surface area contributed by atoms with Crippen LogP contribution in [0.1, 0.15) is 11.1 Å². The fourth-order valence-corrected chi connectivity index (χ4v) is 4.51. The summed E-state index contributed by atoms with van der Waals surface area (Å²) in [5.74, 6) is 1.48. The summed E-state index contributed by atoms with van der Waals surface area (Å²) >= 11 is 0. The summed E-state index contributed by atoms with van der Waals surface area (Å²) in [6.07, 6.45) is 2.63. The zero-order valence-corrected chi connectivity index (χ0v) is 19.3. The molecule has 0 heterocycles. The lowest BCUT2D eigenvalue weighted by atomic mass is 9.91. The van der Waals surface area contributed by atoms with Gasteiger partial charge in [0.2, 0.25) is 0 Å². The lowest BCUT2D eigenvalue weighted by Crippen LogP contribution is -1.88. The van der Waals surface area contributed by atoms with Crippen LogP contribution >= 0.6 is 15.2 Å². The van der Waals surface area contributed by atoms with Crippen molar-refractivity contribution in [3.8, 4) is 22.6 Å². The highest BCUT2D eigenvalue weighted by Crippen LogP contribution is 2.45. The summed E-state index contributed by atoms with van der Waals surface area (Å²) in [4.78, 5) is 36.3. The van der Waals surface area contributed by atoms with Crippen molar-refractivity contribution in [1.29, 1.82) is 0 Å². The minimum atomic E-state index is -4.31. The van der Waals surface area contributed by atoms with Gasteiger partial charge in [0, 0.05) is 22.8 Å². The van der Waals surface area contributed by atoms with E-state index >= 15 is 0 Å². The van der Waals surface area contributed by atoms with Crippen LogP contribution in [0.3, 0.4) is 0 Å². The van der Waals surface area contributed by atoms with Crippen molar-refractivity contribution in [2.75, 3.05) is 0 Å². The second kappa shape index (κ2) is 8.85. The van der Waals surface area contributed by atoms with E-state index in [1.54, 1.807) is 48.5 Å². The maximum Gasteiger partial charge on any atom is 0.349 e. The van der Waals surface area contributed by atoms with E-state index in [-0.39, 0.29) is 11.5 Å². The average molecular weight is 498 g/mol. The van der Waals surface area contributed by atoms with E-state index in [2.05, 4.69) is 0 Å². The molecule has 0 saturated heterocycles. The predicted molar refractivity (Wildman–Crippen MR) is 132 cm³/mol. The highest BCUT2D eigenvalue weighted by atomic mass is 31.2. The van der Waals surface area contributed by atoms with Crippen LogP contribution < -0.4 is 0 Å². The third kappa shape index (κ3) is 5.29. The van der Waals surface area contributed by atoms with Crippen LogP contribution in [-0.2, 0) is 9.13 Å². The number of hydrogen-bond acceptors (Lipinski definition) is 4. The molecule has 0 fully saturated rings. The highest BCUT2D eigenvalue weighted by Gasteiger charge is 2.17. The summed E-state index contributed by atoms with van der Waals surface area (Å²) in [6, 6.07) is 16.4. The Morgan fingerprint density at radius 2 is 0.941 bits per heavy atom. The number of phenolic OH excluding ortho intramolecular Hbond substituents is 2. The Balaban J connectivity index is 1.90. The third-order valence-corrected chi connectivity index (χ3v) is 6.29. The van der Waals surface area contributed by atoms with Gasteiger partial charge in [-0.2, -0.15) is 0 Å². The van der Waals surface area contributed by atoms with Crippen molar-refractivity contribution >= 4 is 48.9 Å². The molecule has 0 spiro atoms. The molecule has 0 aliphatic carbocycles. The van der Waals surface area contributed by atoms with E-state index in [0.29, 0.717) is 43.8 Å². The van der Waals surface area contributed by atoms with E-state index in [4.69, 9.17) is 19.6 Å². The first-order valence-electron chi connectivity index (χ1n) is 9.92. The molecule has 4 aromatic carbocycles. The van der Waals surface area contributed by atoms with E-state index in [9.17, 15) is 19.3 Å². The zero-order valence-electron chi connectivity index (χ0n) is 17.5. The molecular weight excluding hydrogens is 478 g/mol. The van der Waals surface area contributed by atoms with E-state index in [1.807, 2.05) is 0 Å². The number of fused-ring (bicyclic) bond motifs is 2. The fourth-order valence-electron chi connectivity index (χ4n) is 3.77. The second-order valence-electron chi connectivity index (χ2n) is 7.69. The quantitative estimate of drug-likeness (QED) is 0.201. The molecule has 8 nitrogen and oxygen atoms in total. The van der Waals surface area contributed by atoms with Crippen molar-refractivity contribution < 1.29 is 38.9 Å². The lowest BCUT2D eigenvalue weighted by Gasteiger charge is -2.15. The molecule has 0 aliphatic rings. The molecule has 34 heavy (non-hydrogen) atoms. The molecular formula is C24H20O8P2.